The number of piperidine rings is 1. The Balaban J connectivity index is 1.56. The predicted octanol–water partition coefficient (Wildman–Crippen LogP) is 4.38. The van der Waals surface area contributed by atoms with Crippen LogP contribution in [0.25, 0.3) is 5.69 Å². The molecule has 0 unspecified atom stereocenters. The third-order valence-electron chi connectivity index (χ3n) is 5.93. The number of nitrogens with one attached hydrogen (secondary N) is 1. The number of nitrogens with zero attached hydrogens (tertiary/aromatic N) is 4. The van der Waals surface area contributed by atoms with Crippen molar-refractivity contribution in [2.24, 2.45) is 0 Å². The molecule has 1 aromatic carbocycles. The number of H-pyrrole nitrogens is 1. The van der Waals surface area contributed by atoms with Crippen LogP contribution in [0.4, 0.5) is 0 Å². The Bertz CT molecular complexity index is 1110. The first-order chi connectivity index (χ1) is 15.5. The van der Waals surface area contributed by atoms with Crippen LogP contribution in [0.2, 0.25) is 0 Å². The van der Waals surface area contributed by atoms with Gasteiger partial charge in [-0.05, 0) is 64.4 Å². The summed E-state index contributed by atoms with van der Waals surface area (Å²) < 4.78 is 2.06. The summed E-state index contributed by atoms with van der Waals surface area (Å²) in [5.41, 5.74) is 3.55. The molecule has 168 valence electrons. The number of ketones is 2. The molecule has 4 rings (SSSR count). The second kappa shape index (κ2) is 9.83. The molecule has 8 heteroatoms. The van der Waals surface area contributed by atoms with E-state index in [0.29, 0.717) is 16.4 Å². The van der Waals surface area contributed by atoms with Crippen molar-refractivity contribution >= 4 is 23.3 Å². The number of hydrogen-bond donors (Lipinski definition) is 1. The van der Waals surface area contributed by atoms with Gasteiger partial charge in [-0.1, -0.05) is 36.4 Å². The molecule has 0 bridgehead atoms. The van der Waals surface area contributed by atoms with Crippen molar-refractivity contribution in [3.8, 4) is 5.69 Å². The van der Waals surface area contributed by atoms with Crippen LogP contribution in [0, 0.1) is 13.8 Å². The second-order valence-corrected chi connectivity index (χ2v) is 9.24. The number of carbonyl (C=O) groups excluding carboxylic acids is 2. The fourth-order valence-electron chi connectivity index (χ4n) is 4.41. The fourth-order valence-corrected chi connectivity index (χ4v) is 5.25. The zero-order chi connectivity index (χ0) is 22.7. The maximum absolute atomic E-state index is 13.0. The van der Waals surface area contributed by atoms with Gasteiger partial charge in [0.2, 0.25) is 0 Å². The first-order valence-corrected chi connectivity index (χ1v) is 12.0. The van der Waals surface area contributed by atoms with Crippen LogP contribution in [0.3, 0.4) is 0 Å². The summed E-state index contributed by atoms with van der Waals surface area (Å²) >= 11 is 1.38. The molecule has 1 fully saturated rings. The Kier molecular flexibility index (Phi) is 6.91. The summed E-state index contributed by atoms with van der Waals surface area (Å²) in [5, 5.41) is 9.61. The van der Waals surface area contributed by atoms with Crippen LogP contribution in [0.15, 0.2) is 35.5 Å². The van der Waals surface area contributed by atoms with Gasteiger partial charge in [-0.25, -0.2) is 0 Å². The highest BCUT2D eigenvalue weighted by atomic mass is 32.2. The third-order valence-corrected chi connectivity index (χ3v) is 6.86. The van der Waals surface area contributed by atoms with Gasteiger partial charge in [-0.2, -0.15) is 0 Å². The quantitative estimate of drug-likeness (QED) is 0.404. The molecule has 3 heterocycles. The van der Waals surface area contributed by atoms with Crippen LogP contribution in [-0.2, 0) is 6.54 Å². The highest BCUT2D eigenvalue weighted by Crippen LogP contribution is 2.26. The minimum absolute atomic E-state index is 0.0332. The summed E-state index contributed by atoms with van der Waals surface area (Å²) in [7, 11) is 0. The van der Waals surface area contributed by atoms with Gasteiger partial charge >= 0.3 is 0 Å². The molecule has 1 N–H and O–H groups in total. The summed E-state index contributed by atoms with van der Waals surface area (Å²) in [6.07, 6.45) is 3.72. The molecule has 1 saturated heterocycles. The van der Waals surface area contributed by atoms with Gasteiger partial charge in [0, 0.05) is 16.9 Å². The molecule has 1 aliphatic heterocycles. The number of carbonyl (C=O) groups is 2. The number of Topliss-reactive ketones (excluding diaryl/α,β-unsaturated/α-hetero) is 2. The normalized spacial score (nSPS) is 14.6. The topological polar surface area (TPSA) is 83.9 Å². The Labute approximate surface area is 192 Å². The molecule has 0 amide bonds. The Morgan fingerprint density at radius 2 is 1.78 bits per heavy atom. The third kappa shape index (κ3) is 4.71. The maximum atomic E-state index is 13.0. The van der Waals surface area contributed by atoms with E-state index in [1.54, 1.807) is 0 Å². The van der Waals surface area contributed by atoms with Gasteiger partial charge in [0.15, 0.2) is 22.5 Å². The van der Waals surface area contributed by atoms with Crippen molar-refractivity contribution in [1.29, 1.82) is 0 Å². The average molecular weight is 452 g/mol. The number of aromatic nitrogens is 4. The highest BCUT2D eigenvalue weighted by Gasteiger charge is 2.22. The zero-order valence-electron chi connectivity index (χ0n) is 18.9. The number of aromatic amines is 1. The van der Waals surface area contributed by atoms with E-state index in [9.17, 15) is 9.59 Å². The molecule has 0 atom stereocenters. The molecule has 2 aromatic heterocycles. The summed E-state index contributed by atoms with van der Waals surface area (Å²) in [5.74, 6) is 1.02. The van der Waals surface area contributed by atoms with E-state index >= 15 is 0 Å². The fraction of sp³-hybridized carbons (Fsp3) is 0.417. The van der Waals surface area contributed by atoms with Gasteiger partial charge in [0.25, 0.3) is 0 Å². The summed E-state index contributed by atoms with van der Waals surface area (Å²) in [4.78, 5) is 30.4. The van der Waals surface area contributed by atoms with Crippen LogP contribution in [0.1, 0.15) is 64.1 Å². The number of aryl methyl sites for hydroxylation is 1. The van der Waals surface area contributed by atoms with E-state index in [1.165, 1.54) is 37.9 Å². The Hall–Kier alpha value is -2.71. The van der Waals surface area contributed by atoms with E-state index in [-0.39, 0.29) is 17.3 Å². The molecule has 1 aliphatic rings. The average Bonchev–Trinajstić information content (AvgIpc) is 3.33. The first-order valence-electron chi connectivity index (χ1n) is 11.0. The minimum Gasteiger partial charge on any atom is -0.355 e. The van der Waals surface area contributed by atoms with Crippen molar-refractivity contribution in [2.45, 2.75) is 51.7 Å². The van der Waals surface area contributed by atoms with Crippen LogP contribution < -0.4 is 0 Å². The predicted molar refractivity (Wildman–Crippen MR) is 126 cm³/mol. The zero-order valence-corrected chi connectivity index (χ0v) is 19.7. The van der Waals surface area contributed by atoms with Crippen molar-refractivity contribution in [3.05, 3.63) is 58.7 Å². The van der Waals surface area contributed by atoms with Crippen LogP contribution in [0.5, 0.6) is 0 Å². The van der Waals surface area contributed by atoms with E-state index < -0.39 is 0 Å². The maximum Gasteiger partial charge on any atom is 0.196 e. The minimum atomic E-state index is -0.0525. The SMILES string of the molecule is CC(=O)c1c(C)[nH]c(C(=O)CSc2nnc(CN3CCCCC3)n2-c2ccccc2)c1C. The summed E-state index contributed by atoms with van der Waals surface area (Å²) in [6.45, 7) is 8.07. The van der Waals surface area contributed by atoms with Gasteiger partial charge in [-0.3, -0.25) is 19.1 Å². The van der Waals surface area contributed by atoms with Crippen molar-refractivity contribution in [2.75, 3.05) is 18.8 Å². The first kappa shape index (κ1) is 22.5. The number of likely N-dealkylation sites (tertiary alicyclic amines) is 1. The number of para-hydroxylation sites is 1. The largest absolute Gasteiger partial charge is 0.355 e. The number of hydrogen-bond acceptors (Lipinski definition) is 6. The molecular weight excluding hydrogens is 422 g/mol. The standard InChI is InChI=1S/C24H29N5O2S/c1-16-22(18(3)30)17(2)25-23(16)20(31)15-32-24-27-26-21(14-28-12-8-5-9-13-28)29(24)19-10-6-4-7-11-19/h4,6-7,10-11,25H,5,8-9,12-15H2,1-3H3. The molecule has 0 spiro atoms. The lowest BCUT2D eigenvalue weighted by Gasteiger charge is -2.26. The van der Waals surface area contributed by atoms with Crippen LogP contribution in [-0.4, -0.2) is 55.1 Å². The number of thioether (sulfide) groups is 1. The molecule has 0 aliphatic carbocycles. The van der Waals surface area contributed by atoms with E-state index in [0.717, 1.165) is 42.4 Å². The van der Waals surface area contributed by atoms with Crippen LogP contribution >= 0.6 is 11.8 Å². The highest BCUT2D eigenvalue weighted by molar-refractivity contribution is 7.99. The molecule has 3 aromatic rings. The van der Waals surface area contributed by atoms with Crippen molar-refractivity contribution in [1.82, 2.24) is 24.6 Å². The smallest absolute Gasteiger partial charge is 0.196 e. The second-order valence-electron chi connectivity index (χ2n) is 8.30. The van der Waals surface area contributed by atoms with Gasteiger partial charge in [0.1, 0.15) is 0 Å². The van der Waals surface area contributed by atoms with Crippen molar-refractivity contribution < 1.29 is 9.59 Å². The lowest BCUT2D eigenvalue weighted by molar-refractivity contribution is 0.101. The molecule has 0 radical (unpaired) electrons. The molecule has 0 saturated carbocycles. The van der Waals surface area contributed by atoms with E-state index in [2.05, 4.69) is 24.6 Å². The van der Waals surface area contributed by atoms with E-state index in [1.807, 2.05) is 44.2 Å². The number of benzene rings is 1. The lowest BCUT2D eigenvalue weighted by Crippen LogP contribution is -2.30. The van der Waals surface area contributed by atoms with Crippen molar-refractivity contribution in [3.63, 3.8) is 0 Å². The molecule has 7 nitrogen and oxygen atoms in total. The van der Waals surface area contributed by atoms with Gasteiger partial charge < -0.3 is 4.98 Å². The van der Waals surface area contributed by atoms with E-state index in [4.69, 9.17) is 0 Å². The van der Waals surface area contributed by atoms with Gasteiger partial charge in [0.05, 0.1) is 18.0 Å². The van der Waals surface area contributed by atoms with Gasteiger partial charge in [-0.15, -0.1) is 10.2 Å². The molecule has 32 heavy (non-hydrogen) atoms. The summed E-state index contributed by atoms with van der Waals surface area (Å²) in [6, 6.07) is 10.0. The monoisotopic (exact) mass is 451 g/mol. The molecular formula is C24H29N5O2S. The Morgan fingerprint density at radius 3 is 2.44 bits per heavy atom. The lowest BCUT2D eigenvalue weighted by atomic mass is 10.1. The number of rotatable bonds is 8. The Morgan fingerprint density at radius 1 is 1.06 bits per heavy atom.